The molecule has 0 spiro atoms. The predicted octanol–water partition coefficient (Wildman–Crippen LogP) is -0.833. The summed E-state index contributed by atoms with van der Waals surface area (Å²) in [5.41, 5.74) is 0. The van der Waals surface area contributed by atoms with E-state index in [-0.39, 0.29) is 18.8 Å². The lowest BCUT2D eigenvalue weighted by molar-refractivity contribution is -0.157. The quantitative estimate of drug-likeness (QED) is 0.255. The average Bonchev–Trinajstić information content (AvgIpc) is 2.32. The van der Waals surface area contributed by atoms with Crippen molar-refractivity contribution in [1.29, 1.82) is 0 Å². The Balaban J connectivity index is 4.02. The summed E-state index contributed by atoms with van der Waals surface area (Å²) in [7, 11) is -7.05. The van der Waals surface area contributed by atoms with Gasteiger partial charge in [0.15, 0.2) is 6.61 Å². The van der Waals surface area contributed by atoms with Crippen molar-refractivity contribution < 1.29 is 35.9 Å². The largest absolute Gasteiger partial charge is 0.463 e. The first-order valence-corrected chi connectivity index (χ1v) is 11.6. The van der Waals surface area contributed by atoms with Gasteiger partial charge in [-0.05, 0) is 13.3 Å². The maximum Gasteiger partial charge on any atom is 0.344 e. The van der Waals surface area contributed by atoms with E-state index in [9.17, 15) is 26.4 Å². The van der Waals surface area contributed by atoms with Gasteiger partial charge >= 0.3 is 11.9 Å². The Morgan fingerprint density at radius 2 is 1.67 bits per heavy atom. The van der Waals surface area contributed by atoms with Gasteiger partial charge in [-0.25, -0.2) is 26.4 Å². The summed E-state index contributed by atoms with van der Waals surface area (Å²) in [6.07, 6.45) is -0.0848. The topological polar surface area (TPSA) is 133 Å². The number of esters is 2. The molecule has 0 atom stereocenters. The molecule has 21 heavy (non-hydrogen) atoms. The van der Waals surface area contributed by atoms with Crippen molar-refractivity contribution >= 4 is 50.2 Å². The van der Waals surface area contributed by atoms with E-state index in [4.69, 9.17) is 0 Å². The summed E-state index contributed by atoms with van der Waals surface area (Å²) in [5.74, 6) is -2.38. The van der Waals surface area contributed by atoms with Gasteiger partial charge in [-0.15, -0.1) is 0 Å². The zero-order valence-electron chi connectivity index (χ0n) is 11.2. The Labute approximate surface area is 135 Å². The summed E-state index contributed by atoms with van der Waals surface area (Å²) >= 11 is 1.22. The van der Waals surface area contributed by atoms with Crippen molar-refractivity contribution in [2.75, 3.05) is 31.3 Å². The number of carbonyl (C=O) groups excluding carboxylic acids is 2. The summed E-state index contributed by atoms with van der Waals surface area (Å²) < 4.78 is 55.5. The van der Waals surface area contributed by atoms with Crippen LogP contribution in [0.2, 0.25) is 0 Å². The number of sulfonamides is 1. The minimum Gasteiger partial charge on any atom is -0.463 e. The fraction of sp³-hybridized carbons (Fsp3) is 0.778. The first-order chi connectivity index (χ1) is 9.56. The van der Waals surface area contributed by atoms with Crippen molar-refractivity contribution in [2.24, 2.45) is 0 Å². The molecule has 0 bridgehead atoms. The molecule has 0 aromatic carbocycles. The molecular weight excluding hydrogens is 441 g/mol. The Bertz CT molecular complexity index is 556. The summed E-state index contributed by atoms with van der Waals surface area (Å²) in [4.78, 5) is 22.1. The molecule has 0 aliphatic rings. The van der Waals surface area contributed by atoms with E-state index in [2.05, 4.69) is 9.47 Å². The number of halogens is 1. The number of hydrogen-bond donors (Lipinski definition) is 1. The molecule has 0 saturated carbocycles. The van der Waals surface area contributed by atoms with Crippen LogP contribution < -0.4 is 4.72 Å². The number of ether oxygens (including phenoxy) is 2. The van der Waals surface area contributed by atoms with Crippen LogP contribution >= 0.6 is 21.2 Å². The Morgan fingerprint density at radius 1 is 1.05 bits per heavy atom. The standard InChI is InChI=1S/C9H16INO8S2/c1-2-18-9(13)7-19-8(12)6-11-21(16,17)5-3-4-20(10,14)15/h11H,2-7H2,1H3. The average molecular weight is 457 g/mol. The normalized spacial score (nSPS) is 11.9. The molecule has 0 rings (SSSR count). The van der Waals surface area contributed by atoms with Crippen LogP contribution in [0.15, 0.2) is 0 Å². The van der Waals surface area contributed by atoms with Crippen molar-refractivity contribution in [1.82, 2.24) is 4.72 Å². The van der Waals surface area contributed by atoms with Crippen LogP contribution in [0.3, 0.4) is 0 Å². The van der Waals surface area contributed by atoms with Crippen molar-refractivity contribution in [3.63, 3.8) is 0 Å². The highest BCUT2D eigenvalue weighted by Gasteiger charge is 2.15. The van der Waals surface area contributed by atoms with E-state index in [1.807, 2.05) is 4.72 Å². The molecule has 0 unspecified atom stereocenters. The zero-order valence-corrected chi connectivity index (χ0v) is 15.0. The molecule has 0 heterocycles. The number of nitrogens with one attached hydrogen (secondary N) is 1. The molecule has 0 aliphatic carbocycles. The summed E-state index contributed by atoms with van der Waals surface area (Å²) in [6, 6.07) is 0. The predicted molar refractivity (Wildman–Crippen MR) is 81.8 cm³/mol. The SMILES string of the molecule is CCOC(=O)COC(=O)CNS(=O)(=O)CCCS(=O)(=O)I. The highest BCUT2D eigenvalue weighted by Crippen LogP contribution is 2.04. The highest BCUT2D eigenvalue weighted by atomic mass is 127. The van der Waals surface area contributed by atoms with Gasteiger partial charge in [0.1, 0.15) is 6.54 Å². The van der Waals surface area contributed by atoms with Crippen LogP contribution in [-0.4, -0.2) is 60.0 Å². The number of hydrogen-bond acceptors (Lipinski definition) is 8. The van der Waals surface area contributed by atoms with E-state index in [1.165, 1.54) is 21.2 Å². The minimum atomic E-state index is -3.78. The fourth-order valence-electron chi connectivity index (χ4n) is 1.06. The second kappa shape index (κ2) is 9.53. The van der Waals surface area contributed by atoms with Gasteiger partial charge < -0.3 is 9.47 Å². The first kappa shape index (κ1) is 20.5. The Kier molecular flexibility index (Phi) is 9.31. The van der Waals surface area contributed by atoms with Gasteiger partial charge in [0.2, 0.25) is 17.0 Å². The van der Waals surface area contributed by atoms with Crippen LogP contribution in [0.5, 0.6) is 0 Å². The lowest BCUT2D eigenvalue weighted by Crippen LogP contribution is -2.33. The van der Waals surface area contributed by atoms with Gasteiger partial charge in [0.25, 0.3) is 0 Å². The van der Waals surface area contributed by atoms with Crippen LogP contribution in [-0.2, 0) is 36.1 Å². The third-order valence-corrected chi connectivity index (χ3v) is 5.40. The molecular formula is C9H16INO8S2. The van der Waals surface area contributed by atoms with Crippen molar-refractivity contribution in [2.45, 2.75) is 13.3 Å². The Hall–Kier alpha value is -0.470. The number of carbonyl (C=O) groups is 2. The van der Waals surface area contributed by atoms with Crippen molar-refractivity contribution in [3.8, 4) is 0 Å². The van der Waals surface area contributed by atoms with Crippen LogP contribution in [0.4, 0.5) is 0 Å². The van der Waals surface area contributed by atoms with E-state index >= 15 is 0 Å². The van der Waals surface area contributed by atoms with Gasteiger partial charge in [0.05, 0.1) is 39.3 Å². The molecule has 9 nitrogen and oxygen atoms in total. The first-order valence-electron chi connectivity index (χ1n) is 5.76. The minimum absolute atomic E-state index is 0.0848. The molecule has 12 heteroatoms. The molecule has 124 valence electrons. The van der Waals surface area contributed by atoms with E-state index in [0.29, 0.717) is 0 Å². The smallest absolute Gasteiger partial charge is 0.344 e. The third-order valence-electron chi connectivity index (χ3n) is 1.89. The van der Waals surface area contributed by atoms with Gasteiger partial charge in [-0.3, -0.25) is 4.79 Å². The van der Waals surface area contributed by atoms with Crippen LogP contribution in [0.25, 0.3) is 0 Å². The molecule has 0 amide bonds. The molecule has 1 N–H and O–H groups in total. The zero-order chi connectivity index (χ0) is 16.5. The summed E-state index contributed by atoms with van der Waals surface area (Å²) in [6.45, 7) is 0.493. The summed E-state index contributed by atoms with van der Waals surface area (Å²) in [5, 5.41) is 0. The molecule has 0 aliphatic heterocycles. The lowest BCUT2D eigenvalue weighted by Gasteiger charge is -2.06. The fourth-order valence-corrected chi connectivity index (χ4v) is 3.67. The highest BCUT2D eigenvalue weighted by molar-refractivity contribution is 14.2. The van der Waals surface area contributed by atoms with Crippen LogP contribution in [0.1, 0.15) is 13.3 Å². The number of rotatable bonds is 10. The molecule has 0 saturated heterocycles. The second-order valence-electron chi connectivity index (χ2n) is 3.70. The maximum absolute atomic E-state index is 11.5. The molecule has 0 fully saturated rings. The monoisotopic (exact) mass is 457 g/mol. The van der Waals surface area contributed by atoms with E-state index in [0.717, 1.165) is 0 Å². The van der Waals surface area contributed by atoms with Crippen LogP contribution in [0, 0.1) is 0 Å². The molecule has 0 aromatic heterocycles. The maximum atomic E-state index is 11.5. The third kappa shape index (κ3) is 12.9. The molecule has 0 aromatic rings. The van der Waals surface area contributed by atoms with Gasteiger partial charge in [0, 0.05) is 0 Å². The Morgan fingerprint density at radius 3 is 2.19 bits per heavy atom. The van der Waals surface area contributed by atoms with Crippen molar-refractivity contribution in [3.05, 3.63) is 0 Å². The van der Waals surface area contributed by atoms with Gasteiger partial charge in [-0.2, -0.15) is 0 Å². The van der Waals surface area contributed by atoms with E-state index < -0.39 is 47.9 Å². The molecule has 0 radical (unpaired) electrons. The second-order valence-corrected chi connectivity index (χ2v) is 11.1. The lowest BCUT2D eigenvalue weighted by atomic mass is 10.6. The van der Waals surface area contributed by atoms with Gasteiger partial charge in [-0.1, -0.05) is 0 Å². The van der Waals surface area contributed by atoms with E-state index in [1.54, 1.807) is 6.92 Å².